The highest BCUT2D eigenvalue weighted by Crippen LogP contribution is 2.22. The first-order valence-electron chi connectivity index (χ1n) is 7.26. The van der Waals surface area contributed by atoms with E-state index in [0.29, 0.717) is 5.16 Å². The Kier molecular flexibility index (Phi) is 5.32. The van der Waals surface area contributed by atoms with Gasteiger partial charge in [0.1, 0.15) is 0 Å². The monoisotopic (exact) mass is 402 g/mol. The highest BCUT2D eigenvalue weighted by atomic mass is 79.9. The Labute approximate surface area is 152 Å². The third kappa shape index (κ3) is 4.04. The Balaban J connectivity index is 1.63. The molecule has 5 nitrogen and oxygen atoms in total. The van der Waals surface area contributed by atoms with Crippen LogP contribution < -0.4 is 5.32 Å². The SMILES string of the molecule is Cn1c(SCC(=O)Nc2cccc(Br)c2)nnc1-c1ccccc1. The second-order valence-electron chi connectivity index (χ2n) is 5.08. The van der Waals surface area contributed by atoms with Crippen molar-refractivity contribution in [3.05, 3.63) is 59.1 Å². The fourth-order valence-electron chi connectivity index (χ4n) is 2.17. The third-order valence-corrected chi connectivity index (χ3v) is 4.82. The van der Waals surface area contributed by atoms with Crippen LogP contribution in [0.5, 0.6) is 0 Å². The molecule has 0 aliphatic rings. The molecule has 0 radical (unpaired) electrons. The summed E-state index contributed by atoms with van der Waals surface area (Å²) in [6, 6.07) is 17.3. The summed E-state index contributed by atoms with van der Waals surface area (Å²) < 4.78 is 2.82. The van der Waals surface area contributed by atoms with Gasteiger partial charge in [0, 0.05) is 22.8 Å². The van der Waals surface area contributed by atoms with Crippen LogP contribution in [0.1, 0.15) is 0 Å². The molecule has 7 heteroatoms. The van der Waals surface area contributed by atoms with Crippen LogP contribution in [-0.2, 0) is 11.8 Å². The van der Waals surface area contributed by atoms with Gasteiger partial charge in [0.25, 0.3) is 0 Å². The standard InChI is InChI=1S/C17H15BrN4OS/c1-22-16(12-6-3-2-4-7-12)20-21-17(22)24-11-15(23)19-14-9-5-8-13(18)10-14/h2-10H,11H2,1H3,(H,19,23). The maximum Gasteiger partial charge on any atom is 0.234 e. The molecule has 1 aromatic heterocycles. The first-order chi connectivity index (χ1) is 11.6. The lowest BCUT2D eigenvalue weighted by Gasteiger charge is -2.06. The summed E-state index contributed by atoms with van der Waals surface area (Å²) >= 11 is 4.74. The second-order valence-corrected chi connectivity index (χ2v) is 6.94. The molecule has 122 valence electrons. The number of thioether (sulfide) groups is 1. The van der Waals surface area contributed by atoms with Crippen molar-refractivity contribution in [2.24, 2.45) is 7.05 Å². The predicted molar refractivity (Wildman–Crippen MR) is 99.9 cm³/mol. The Morgan fingerprint density at radius 1 is 1.17 bits per heavy atom. The van der Waals surface area contributed by atoms with E-state index in [2.05, 4.69) is 31.4 Å². The van der Waals surface area contributed by atoms with Gasteiger partial charge in [-0.1, -0.05) is 64.1 Å². The minimum atomic E-state index is -0.0811. The summed E-state index contributed by atoms with van der Waals surface area (Å²) in [6.45, 7) is 0. The number of carbonyl (C=O) groups is 1. The van der Waals surface area contributed by atoms with Crippen LogP contribution in [0.3, 0.4) is 0 Å². The van der Waals surface area contributed by atoms with Gasteiger partial charge in [-0.3, -0.25) is 4.79 Å². The summed E-state index contributed by atoms with van der Waals surface area (Å²) in [6.07, 6.45) is 0. The molecule has 0 bridgehead atoms. The minimum absolute atomic E-state index is 0.0811. The van der Waals surface area contributed by atoms with E-state index < -0.39 is 0 Å². The van der Waals surface area contributed by atoms with Gasteiger partial charge in [-0.25, -0.2) is 0 Å². The van der Waals surface area contributed by atoms with Crippen molar-refractivity contribution in [3.8, 4) is 11.4 Å². The maximum absolute atomic E-state index is 12.1. The first kappa shape index (κ1) is 16.7. The highest BCUT2D eigenvalue weighted by Gasteiger charge is 2.12. The molecule has 0 fully saturated rings. The summed E-state index contributed by atoms with van der Waals surface area (Å²) in [7, 11) is 1.90. The Hall–Kier alpha value is -2.12. The van der Waals surface area contributed by atoms with Crippen molar-refractivity contribution in [2.75, 3.05) is 11.1 Å². The van der Waals surface area contributed by atoms with Gasteiger partial charge in [-0.15, -0.1) is 10.2 Å². The van der Waals surface area contributed by atoms with Crippen LogP contribution in [0.2, 0.25) is 0 Å². The average molecular weight is 403 g/mol. The molecular formula is C17H15BrN4OS. The van der Waals surface area contributed by atoms with Gasteiger partial charge in [-0.05, 0) is 18.2 Å². The number of benzene rings is 2. The van der Waals surface area contributed by atoms with Gasteiger partial charge in [-0.2, -0.15) is 0 Å². The molecular weight excluding hydrogens is 388 g/mol. The molecule has 0 aliphatic heterocycles. The van der Waals surface area contributed by atoms with Crippen molar-refractivity contribution < 1.29 is 4.79 Å². The number of carbonyl (C=O) groups excluding carboxylic acids is 1. The van der Waals surface area contributed by atoms with E-state index in [4.69, 9.17) is 0 Å². The van der Waals surface area contributed by atoms with Gasteiger partial charge < -0.3 is 9.88 Å². The zero-order valence-electron chi connectivity index (χ0n) is 12.9. The lowest BCUT2D eigenvalue weighted by molar-refractivity contribution is -0.113. The maximum atomic E-state index is 12.1. The van der Waals surface area contributed by atoms with E-state index in [9.17, 15) is 4.79 Å². The quantitative estimate of drug-likeness (QED) is 0.655. The van der Waals surface area contributed by atoms with Crippen molar-refractivity contribution in [1.82, 2.24) is 14.8 Å². The molecule has 1 amide bonds. The number of amides is 1. The number of hydrogen-bond acceptors (Lipinski definition) is 4. The largest absolute Gasteiger partial charge is 0.325 e. The van der Waals surface area contributed by atoms with E-state index in [-0.39, 0.29) is 11.7 Å². The molecule has 0 atom stereocenters. The van der Waals surface area contributed by atoms with E-state index in [1.165, 1.54) is 11.8 Å². The molecule has 0 saturated carbocycles. The summed E-state index contributed by atoms with van der Waals surface area (Å²) in [5.74, 6) is 0.973. The molecule has 2 aromatic carbocycles. The van der Waals surface area contributed by atoms with Crippen molar-refractivity contribution >= 4 is 39.3 Å². The van der Waals surface area contributed by atoms with E-state index >= 15 is 0 Å². The molecule has 0 unspecified atom stereocenters. The predicted octanol–water partition coefficient (Wildman–Crippen LogP) is 3.98. The van der Waals surface area contributed by atoms with E-state index in [1.54, 1.807) is 0 Å². The minimum Gasteiger partial charge on any atom is -0.325 e. The van der Waals surface area contributed by atoms with Crippen LogP contribution in [0.4, 0.5) is 5.69 Å². The number of hydrogen-bond donors (Lipinski definition) is 1. The fraction of sp³-hybridized carbons (Fsp3) is 0.118. The summed E-state index contributed by atoms with van der Waals surface area (Å²) in [5.41, 5.74) is 1.76. The third-order valence-electron chi connectivity index (χ3n) is 3.31. The number of halogens is 1. The van der Waals surface area contributed by atoms with Crippen LogP contribution >= 0.6 is 27.7 Å². The van der Waals surface area contributed by atoms with Gasteiger partial charge >= 0.3 is 0 Å². The number of nitrogens with zero attached hydrogens (tertiary/aromatic N) is 3. The molecule has 3 rings (SSSR count). The average Bonchev–Trinajstić information content (AvgIpc) is 2.94. The molecule has 0 saturated heterocycles. The first-order valence-corrected chi connectivity index (χ1v) is 9.04. The number of nitrogens with one attached hydrogen (secondary N) is 1. The molecule has 0 spiro atoms. The molecule has 24 heavy (non-hydrogen) atoms. The van der Waals surface area contributed by atoms with Crippen molar-refractivity contribution in [1.29, 1.82) is 0 Å². The molecule has 1 N–H and O–H groups in total. The number of rotatable bonds is 5. The van der Waals surface area contributed by atoms with Crippen LogP contribution in [0, 0.1) is 0 Å². The van der Waals surface area contributed by atoms with Gasteiger partial charge in [0.15, 0.2) is 11.0 Å². The van der Waals surface area contributed by atoms with Crippen LogP contribution in [0.25, 0.3) is 11.4 Å². The summed E-state index contributed by atoms with van der Waals surface area (Å²) in [4.78, 5) is 12.1. The number of anilines is 1. The lowest BCUT2D eigenvalue weighted by atomic mass is 10.2. The van der Waals surface area contributed by atoms with Crippen LogP contribution in [0.15, 0.2) is 64.2 Å². The van der Waals surface area contributed by atoms with Gasteiger partial charge in [0.05, 0.1) is 5.75 Å². The Morgan fingerprint density at radius 3 is 2.71 bits per heavy atom. The zero-order valence-corrected chi connectivity index (χ0v) is 15.3. The second kappa shape index (κ2) is 7.63. The fourth-order valence-corrected chi connectivity index (χ4v) is 3.28. The number of aromatic nitrogens is 3. The Bertz CT molecular complexity index is 851. The molecule has 3 aromatic rings. The topological polar surface area (TPSA) is 59.8 Å². The Morgan fingerprint density at radius 2 is 1.96 bits per heavy atom. The normalized spacial score (nSPS) is 10.6. The van der Waals surface area contributed by atoms with Gasteiger partial charge in [0.2, 0.25) is 5.91 Å². The van der Waals surface area contributed by atoms with Crippen molar-refractivity contribution in [2.45, 2.75) is 5.16 Å². The smallest absolute Gasteiger partial charge is 0.234 e. The van der Waals surface area contributed by atoms with E-state index in [1.807, 2.05) is 66.2 Å². The lowest BCUT2D eigenvalue weighted by Crippen LogP contribution is -2.14. The summed E-state index contributed by atoms with van der Waals surface area (Å²) in [5, 5.41) is 12.0. The molecule has 1 heterocycles. The van der Waals surface area contributed by atoms with E-state index in [0.717, 1.165) is 21.5 Å². The molecule has 0 aliphatic carbocycles. The van der Waals surface area contributed by atoms with Crippen molar-refractivity contribution in [3.63, 3.8) is 0 Å². The zero-order chi connectivity index (χ0) is 16.9. The highest BCUT2D eigenvalue weighted by molar-refractivity contribution is 9.10. The van der Waals surface area contributed by atoms with Crippen LogP contribution in [-0.4, -0.2) is 26.4 Å².